The number of para-hydroxylation sites is 1. The molecule has 1 unspecified atom stereocenters. The lowest BCUT2D eigenvalue weighted by Gasteiger charge is -2.17. The van der Waals surface area contributed by atoms with Crippen LogP contribution in [0.15, 0.2) is 48.5 Å². The first-order valence-corrected chi connectivity index (χ1v) is 7.28. The fraction of sp³-hybridized carbons (Fsp3) is 0.235. The van der Waals surface area contributed by atoms with E-state index in [0.29, 0.717) is 10.8 Å². The summed E-state index contributed by atoms with van der Waals surface area (Å²) in [7, 11) is 1.61. The van der Waals surface area contributed by atoms with Crippen LogP contribution in [0, 0.1) is 0 Å². The van der Waals surface area contributed by atoms with E-state index in [1.807, 2.05) is 31.2 Å². The molecule has 2 aromatic rings. The Hall–Kier alpha value is -2.20. The van der Waals surface area contributed by atoms with E-state index in [9.17, 15) is 4.79 Å². The molecule has 0 aliphatic carbocycles. The average molecular weight is 320 g/mol. The van der Waals surface area contributed by atoms with E-state index in [1.165, 1.54) is 0 Å². The van der Waals surface area contributed by atoms with Crippen molar-refractivity contribution in [3.63, 3.8) is 0 Å². The van der Waals surface area contributed by atoms with E-state index in [1.54, 1.807) is 31.4 Å². The minimum Gasteiger partial charge on any atom is -0.496 e. The number of ether oxygens (including phenoxy) is 2. The van der Waals surface area contributed by atoms with Crippen molar-refractivity contribution in [1.82, 2.24) is 5.32 Å². The molecule has 0 heterocycles. The molecule has 22 heavy (non-hydrogen) atoms. The van der Waals surface area contributed by atoms with Crippen molar-refractivity contribution in [3.8, 4) is 11.5 Å². The summed E-state index contributed by atoms with van der Waals surface area (Å²) in [5, 5.41) is 3.51. The van der Waals surface area contributed by atoms with Crippen molar-refractivity contribution >= 4 is 17.5 Å². The van der Waals surface area contributed by atoms with E-state index in [-0.39, 0.29) is 18.6 Å². The number of hydrogen-bond acceptors (Lipinski definition) is 3. The molecule has 0 aromatic heterocycles. The Kier molecular flexibility index (Phi) is 5.67. The van der Waals surface area contributed by atoms with E-state index >= 15 is 0 Å². The lowest BCUT2D eigenvalue weighted by atomic mass is 10.1. The first-order chi connectivity index (χ1) is 10.6. The van der Waals surface area contributed by atoms with Crippen molar-refractivity contribution in [2.75, 3.05) is 13.7 Å². The van der Waals surface area contributed by atoms with E-state index in [4.69, 9.17) is 21.1 Å². The molecule has 0 spiro atoms. The highest BCUT2D eigenvalue weighted by molar-refractivity contribution is 6.30. The Balaban J connectivity index is 1.90. The second-order valence-corrected chi connectivity index (χ2v) is 5.21. The third-order valence-corrected chi connectivity index (χ3v) is 3.42. The van der Waals surface area contributed by atoms with Crippen LogP contribution in [0.25, 0.3) is 0 Å². The van der Waals surface area contributed by atoms with Crippen LogP contribution >= 0.6 is 11.6 Å². The number of benzene rings is 2. The van der Waals surface area contributed by atoms with Crippen LogP contribution in [0.3, 0.4) is 0 Å². The van der Waals surface area contributed by atoms with Crippen molar-refractivity contribution in [3.05, 3.63) is 59.1 Å². The zero-order valence-corrected chi connectivity index (χ0v) is 13.3. The van der Waals surface area contributed by atoms with Gasteiger partial charge in [0.1, 0.15) is 11.5 Å². The number of amides is 1. The molecule has 2 rings (SSSR count). The topological polar surface area (TPSA) is 47.6 Å². The van der Waals surface area contributed by atoms with Crippen LogP contribution < -0.4 is 14.8 Å². The van der Waals surface area contributed by atoms with Gasteiger partial charge < -0.3 is 14.8 Å². The number of methoxy groups -OCH3 is 1. The highest BCUT2D eigenvalue weighted by Crippen LogP contribution is 2.24. The normalized spacial score (nSPS) is 11.6. The van der Waals surface area contributed by atoms with E-state index in [0.717, 1.165) is 11.3 Å². The van der Waals surface area contributed by atoms with Gasteiger partial charge in [-0.15, -0.1) is 0 Å². The molecule has 2 aromatic carbocycles. The summed E-state index contributed by atoms with van der Waals surface area (Å²) in [5.74, 6) is 1.15. The van der Waals surface area contributed by atoms with Crippen molar-refractivity contribution in [2.45, 2.75) is 13.0 Å². The van der Waals surface area contributed by atoms with Gasteiger partial charge in [0.2, 0.25) is 0 Å². The summed E-state index contributed by atoms with van der Waals surface area (Å²) >= 11 is 5.79. The lowest BCUT2D eigenvalue weighted by Crippen LogP contribution is -2.31. The summed E-state index contributed by atoms with van der Waals surface area (Å²) in [5.41, 5.74) is 0.921. The van der Waals surface area contributed by atoms with E-state index in [2.05, 4.69) is 5.32 Å². The summed E-state index contributed by atoms with van der Waals surface area (Å²) in [6.45, 7) is 1.85. The van der Waals surface area contributed by atoms with Gasteiger partial charge in [0.15, 0.2) is 6.61 Å². The summed E-state index contributed by atoms with van der Waals surface area (Å²) in [4.78, 5) is 12.0. The number of halogens is 1. The number of nitrogens with one attached hydrogen (secondary N) is 1. The monoisotopic (exact) mass is 319 g/mol. The maximum atomic E-state index is 12.0. The molecular weight excluding hydrogens is 302 g/mol. The lowest BCUT2D eigenvalue weighted by molar-refractivity contribution is -0.123. The van der Waals surface area contributed by atoms with Gasteiger partial charge in [-0.05, 0) is 37.3 Å². The van der Waals surface area contributed by atoms with Crippen LogP contribution in [0.4, 0.5) is 0 Å². The van der Waals surface area contributed by atoms with Crippen LogP contribution in [0.1, 0.15) is 18.5 Å². The van der Waals surface area contributed by atoms with Gasteiger partial charge in [-0.3, -0.25) is 4.79 Å². The molecule has 0 aliphatic heterocycles. The van der Waals surface area contributed by atoms with Gasteiger partial charge in [-0.1, -0.05) is 29.8 Å². The molecule has 0 aliphatic rings. The molecule has 0 saturated carbocycles. The van der Waals surface area contributed by atoms with Crippen LogP contribution in [-0.4, -0.2) is 19.6 Å². The Bertz CT molecular complexity index is 628. The second kappa shape index (κ2) is 7.71. The zero-order chi connectivity index (χ0) is 15.9. The fourth-order valence-corrected chi connectivity index (χ4v) is 2.19. The van der Waals surface area contributed by atoms with Gasteiger partial charge in [-0.2, -0.15) is 0 Å². The highest BCUT2D eigenvalue weighted by Gasteiger charge is 2.13. The number of carbonyl (C=O) groups excluding carboxylic acids is 1. The molecule has 1 atom stereocenters. The van der Waals surface area contributed by atoms with Crippen LogP contribution in [0.5, 0.6) is 11.5 Å². The first-order valence-electron chi connectivity index (χ1n) is 6.91. The van der Waals surface area contributed by atoms with Crippen molar-refractivity contribution in [2.24, 2.45) is 0 Å². The van der Waals surface area contributed by atoms with Gasteiger partial charge in [-0.25, -0.2) is 0 Å². The fourth-order valence-electron chi connectivity index (χ4n) is 2.06. The molecule has 5 heteroatoms. The molecule has 0 fully saturated rings. The quantitative estimate of drug-likeness (QED) is 0.885. The molecule has 0 saturated heterocycles. The first kappa shape index (κ1) is 16.2. The number of rotatable bonds is 6. The summed E-state index contributed by atoms with van der Waals surface area (Å²) in [6, 6.07) is 14.3. The van der Waals surface area contributed by atoms with Crippen LogP contribution in [0.2, 0.25) is 5.02 Å². The third kappa shape index (κ3) is 4.40. The van der Waals surface area contributed by atoms with Gasteiger partial charge in [0, 0.05) is 10.6 Å². The largest absolute Gasteiger partial charge is 0.496 e. The smallest absolute Gasteiger partial charge is 0.258 e. The Morgan fingerprint density at radius 1 is 1.18 bits per heavy atom. The highest BCUT2D eigenvalue weighted by atomic mass is 35.5. The predicted molar refractivity (Wildman–Crippen MR) is 86.5 cm³/mol. The molecule has 116 valence electrons. The molecular formula is C17H18ClNO3. The summed E-state index contributed by atoms with van der Waals surface area (Å²) < 4.78 is 10.7. The maximum Gasteiger partial charge on any atom is 0.258 e. The van der Waals surface area contributed by atoms with Gasteiger partial charge in [0.25, 0.3) is 5.91 Å². The molecule has 0 radical (unpaired) electrons. The standard InChI is InChI=1S/C17H18ClNO3/c1-12(15-5-3-4-6-16(15)21-2)19-17(20)11-22-14-9-7-13(18)8-10-14/h3-10,12H,11H2,1-2H3,(H,19,20). The van der Waals surface area contributed by atoms with Gasteiger partial charge in [0.05, 0.1) is 13.2 Å². The van der Waals surface area contributed by atoms with Crippen LogP contribution in [-0.2, 0) is 4.79 Å². The molecule has 0 bridgehead atoms. The Morgan fingerprint density at radius 3 is 2.55 bits per heavy atom. The SMILES string of the molecule is COc1ccccc1C(C)NC(=O)COc1ccc(Cl)cc1. The number of carbonyl (C=O) groups is 1. The maximum absolute atomic E-state index is 12.0. The Labute approximate surface area is 135 Å². The zero-order valence-electron chi connectivity index (χ0n) is 12.5. The molecule has 1 amide bonds. The minimum absolute atomic E-state index is 0.0544. The second-order valence-electron chi connectivity index (χ2n) is 4.77. The number of hydrogen-bond donors (Lipinski definition) is 1. The predicted octanol–water partition coefficient (Wildman–Crippen LogP) is 3.60. The van der Waals surface area contributed by atoms with Gasteiger partial charge >= 0.3 is 0 Å². The average Bonchev–Trinajstić information content (AvgIpc) is 2.54. The van der Waals surface area contributed by atoms with Crippen molar-refractivity contribution in [1.29, 1.82) is 0 Å². The summed E-state index contributed by atoms with van der Waals surface area (Å²) in [6.07, 6.45) is 0. The molecule has 4 nitrogen and oxygen atoms in total. The third-order valence-electron chi connectivity index (χ3n) is 3.17. The molecule has 1 N–H and O–H groups in total. The minimum atomic E-state index is -0.201. The Morgan fingerprint density at radius 2 is 1.86 bits per heavy atom. The van der Waals surface area contributed by atoms with Crippen molar-refractivity contribution < 1.29 is 14.3 Å². The van der Waals surface area contributed by atoms with E-state index < -0.39 is 0 Å².